The summed E-state index contributed by atoms with van der Waals surface area (Å²) in [6, 6.07) is 9.41. The fourth-order valence-electron chi connectivity index (χ4n) is 4.75. The monoisotopic (exact) mass is 595 g/mol. The first-order valence-corrected chi connectivity index (χ1v) is 12.9. The number of hydrogen-bond donors (Lipinski definition) is 10. The highest BCUT2D eigenvalue weighted by Gasteiger charge is 2.47. The SMILES string of the molecule is OC[C@H]1O[C@@H](Oc2cc3c(O[C@@H]4O[C@H](CO)[C@H](O)[C@@H](O)[C@H]4O)cc(O)cc3[o+]c2-c2ccc(O)cc2)[C@H](O)[C@H](O)[C@H]1O. The molecule has 0 unspecified atom stereocenters. The van der Waals surface area contributed by atoms with Crippen LogP contribution in [0, 0.1) is 0 Å². The average Bonchev–Trinajstić information content (AvgIpc) is 2.98. The van der Waals surface area contributed by atoms with Crippen molar-refractivity contribution in [1.82, 2.24) is 0 Å². The Bertz CT molecular complexity index is 1380. The van der Waals surface area contributed by atoms with Gasteiger partial charge in [-0.1, -0.05) is 0 Å². The van der Waals surface area contributed by atoms with Crippen LogP contribution in [0.2, 0.25) is 0 Å². The zero-order chi connectivity index (χ0) is 30.3. The Labute approximate surface area is 237 Å². The van der Waals surface area contributed by atoms with E-state index in [9.17, 15) is 51.1 Å². The van der Waals surface area contributed by atoms with Gasteiger partial charge in [-0.2, -0.15) is 0 Å². The third-order valence-electron chi connectivity index (χ3n) is 7.11. The van der Waals surface area contributed by atoms with E-state index in [1.165, 1.54) is 36.4 Å². The summed E-state index contributed by atoms with van der Waals surface area (Å²) in [5.41, 5.74) is 0.368. The second-order valence-electron chi connectivity index (χ2n) is 9.97. The van der Waals surface area contributed by atoms with Crippen molar-refractivity contribution < 1.29 is 74.4 Å². The molecule has 0 saturated carbocycles. The van der Waals surface area contributed by atoms with Crippen LogP contribution in [0.25, 0.3) is 22.3 Å². The smallest absolute Gasteiger partial charge is 0.402 e. The van der Waals surface area contributed by atoms with Crippen molar-refractivity contribution in [2.45, 2.75) is 61.4 Å². The minimum Gasteiger partial charge on any atom is -0.508 e. The third kappa shape index (κ3) is 5.67. The lowest BCUT2D eigenvalue weighted by molar-refractivity contribution is -0.277. The number of phenols is 2. The molecule has 5 rings (SSSR count). The Balaban J connectivity index is 1.59. The van der Waals surface area contributed by atoms with E-state index in [2.05, 4.69) is 0 Å². The van der Waals surface area contributed by atoms with E-state index >= 15 is 0 Å². The number of ether oxygens (including phenoxy) is 4. The Morgan fingerprint density at radius 3 is 1.67 bits per heavy atom. The van der Waals surface area contributed by atoms with Crippen LogP contribution >= 0.6 is 0 Å². The van der Waals surface area contributed by atoms with Gasteiger partial charge in [0.25, 0.3) is 0 Å². The molecule has 2 saturated heterocycles. The molecule has 0 bridgehead atoms. The topological polar surface area (TPSA) is 251 Å². The Hall–Kier alpha value is -3.35. The largest absolute Gasteiger partial charge is 0.508 e. The minimum atomic E-state index is -1.77. The molecule has 2 fully saturated rings. The van der Waals surface area contributed by atoms with Gasteiger partial charge in [0.1, 0.15) is 71.5 Å². The minimum absolute atomic E-state index is 0.00357. The molecule has 0 radical (unpaired) electrons. The molecule has 3 aromatic rings. The molecule has 228 valence electrons. The molecule has 42 heavy (non-hydrogen) atoms. The molecule has 10 N–H and O–H groups in total. The number of aromatic hydroxyl groups is 2. The summed E-state index contributed by atoms with van der Waals surface area (Å²) in [6.07, 6.45) is -16.0. The Kier molecular flexibility index (Phi) is 8.68. The number of fused-ring (bicyclic) bond motifs is 1. The van der Waals surface area contributed by atoms with E-state index in [-0.39, 0.29) is 39.7 Å². The van der Waals surface area contributed by atoms with Gasteiger partial charge in [-0.05, 0) is 24.3 Å². The van der Waals surface area contributed by atoms with Gasteiger partial charge in [-0.3, -0.25) is 0 Å². The molecule has 0 aliphatic carbocycles. The van der Waals surface area contributed by atoms with Crippen LogP contribution in [0.1, 0.15) is 0 Å². The van der Waals surface area contributed by atoms with Gasteiger partial charge < -0.3 is 70.0 Å². The van der Waals surface area contributed by atoms with E-state index in [1.807, 2.05) is 0 Å². The first-order valence-electron chi connectivity index (χ1n) is 12.9. The van der Waals surface area contributed by atoms with E-state index in [0.29, 0.717) is 5.56 Å². The van der Waals surface area contributed by atoms with Crippen LogP contribution in [0.15, 0.2) is 46.9 Å². The van der Waals surface area contributed by atoms with Crippen LogP contribution in [-0.2, 0) is 9.47 Å². The van der Waals surface area contributed by atoms with Crippen molar-refractivity contribution >= 4 is 11.0 Å². The average molecular weight is 596 g/mol. The number of hydrogen-bond acceptors (Lipinski definition) is 14. The molecule has 15 nitrogen and oxygen atoms in total. The van der Waals surface area contributed by atoms with Gasteiger partial charge in [-0.25, -0.2) is 4.42 Å². The first kappa shape index (κ1) is 30.1. The molecule has 2 aromatic carbocycles. The number of phenolic OH excluding ortho intramolecular Hbond substituents is 2. The maximum Gasteiger partial charge on any atom is 0.402 e. The second-order valence-corrected chi connectivity index (χ2v) is 9.97. The fourth-order valence-corrected chi connectivity index (χ4v) is 4.75. The van der Waals surface area contributed by atoms with Crippen molar-refractivity contribution in [3.63, 3.8) is 0 Å². The number of aliphatic hydroxyl groups excluding tert-OH is 8. The standard InChI is InChI=1S/C27H30O15/c28-8-17-19(32)21(34)23(36)26(41-17)39-15-6-12(31)5-14-13(15)7-16(25(38-14)10-1-3-11(30)4-2-10)40-27-24(37)22(35)20(33)18(9-29)42-27/h1-7,17-24,26-29,32-37H,8-9H2,(H-,30,31)/p+1/t17-,18-,19+,20+,21-,22-,23-,24-,26-,27-/m1/s1. The zero-order valence-electron chi connectivity index (χ0n) is 21.7. The van der Waals surface area contributed by atoms with Gasteiger partial charge in [0.15, 0.2) is 0 Å². The van der Waals surface area contributed by atoms with Gasteiger partial charge in [0, 0.05) is 12.1 Å². The van der Waals surface area contributed by atoms with E-state index in [4.69, 9.17) is 23.4 Å². The van der Waals surface area contributed by atoms with Gasteiger partial charge in [0.05, 0.1) is 24.8 Å². The van der Waals surface area contributed by atoms with Crippen molar-refractivity contribution in [3.05, 3.63) is 42.5 Å². The molecule has 2 aliphatic heterocycles. The summed E-state index contributed by atoms with van der Waals surface area (Å²) < 4.78 is 28.6. The van der Waals surface area contributed by atoms with E-state index in [1.54, 1.807) is 0 Å². The number of aliphatic hydroxyl groups is 8. The molecular formula is C27H31O15+. The lowest BCUT2D eigenvalue weighted by Crippen LogP contribution is -2.60. The predicted molar refractivity (Wildman–Crippen MR) is 138 cm³/mol. The molecule has 10 atom stereocenters. The maximum absolute atomic E-state index is 10.6. The predicted octanol–water partition coefficient (Wildman–Crippen LogP) is -1.85. The molecule has 0 spiro atoms. The first-order chi connectivity index (χ1) is 20.0. The van der Waals surface area contributed by atoms with Crippen molar-refractivity contribution in [1.29, 1.82) is 0 Å². The van der Waals surface area contributed by atoms with E-state index < -0.39 is 74.6 Å². The fraction of sp³-hybridized carbons (Fsp3) is 0.444. The number of rotatable bonds is 7. The van der Waals surface area contributed by atoms with Crippen LogP contribution < -0.4 is 9.47 Å². The molecule has 1 aromatic heterocycles. The molecule has 15 heteroatoms. The van der Waals surface area contributed by atoms with Crippen LogP contribution in [0.5, 0.6) is 23.0 Å². The summed E-state index contributed by atoms with van der Waals surface area (Å²) in [4.78, 5) is 0. The Morgan fingerprint density at radius 1 is 0.619 bits per heavy atom. The van der Waals surface area contributed by atoms with Crippen LogP contribution in [-0.4, -0.2) is 126 Å². The highest BCUT2D eigenvalue weighted by atomic mass is 16.7. The zero-order valence-corrected chi connectivity index (χ0v) is 21.7. The molecular weight excluding hydrogens is 564 g/mol. The summed E-state index contributed by atoms with van der Waals surface area (Å²) in [5.74, 6) is -0.673. The van der Waals surface area contributed by atoms with Crippen molar-refractivity contribution in [3.8, 4) is 34.3 Å². The second kappa shape index (κ2) is 12.1. The van der Waals surface area contributed by atoms with Crippen LogP contribution in [0.3, 0.4) is 0 Å². The highest BCUT2D eigenvalue weighted by molar-refractivity contribution is 5.88. The molecule has 0 amide bonds. The summed E-state index contributed by atoms with van der Waals surface area (Å²) >= 11 is 0. The Morgan fingerprint density at radius 2 is 1.14 bits per heavy atom. The summed E-state index contributed by atoms with van der Waals surface area (Å²) in [6.45, 7) is -1.40. The normalized spacial score (nSPS) is 33.4. The number of benzene rings is 2. The summed E-state index contributed by atoms with van der Waals surface area (Å²) in [5, 5.41) is 101. The lowest BCUT2D eigenvalue weighted by atomic mass is 9.99. The maximum atomic E-state index is 10.6. The highest BCUT2D eigenvalue weighted by Crippen LogP contribution is 2.42. The van der Waals surface area contributed by atoms with Gasteiger partial charge in [-0.15, -0.1) is 0 Å². The van der Waals surface area contributed by atoms with Gasteiger partial charge >= 0.3 is 11.3 Å². The quantitative estimate of drug-likeness (QED) is 0.135. The van der Waals surface area contributed by atoms with Crippen molar-refractivity contribution in [2.75, 3.05) is 13.2 Å². The molecule has 3 heterocycles. The summed E-state index contributed by atoms with van der Waals surface area (Å²) in [7, 11) is 0. The van der Waals surface area contributed by atoms with Crippen LogP contribution in [0.4, 0.5) is 0 Å². The van der Waals surface area contributed by atoms with E-state index in [0.717, 1.165) is 6.07 Å². The van der Waals surface area contributed by atoms with Crippen molar-refractivity contribution in [2.24, 2.45) is 0 Å². The molecule has 2 aliphatic rings. The van der Waals surface area contributed by atoms with Gasteiger partial charge in [0.2, 0.25) is 18.3 Å². The lowest BCUT2D eigenvalue weighted by Gasteiger charge is -2.39. The third-order valence-corrected chi connectivity index (χ3v) is 7.11.